The highest BCUT2D eigenvalue weighted by atomic mass is 32.2. The highest BCUT2D eigenvalue weighted by Crippen LogP contribution is 2.26. The van der Waals surface area contributed by atoms with Gasteiger partial charge in [0.05, 0.1) is 4.91 Å². The molecule has 2 heterocycles. The standard InChI is InChI=1S/C15H20N4OS/c16-12-2-1-3-13(12)18-15(20)14-10-19(8-9-21-14)11-4-6-17-7-5-11/h4-7,10,12-13H,1-3,8-9,16H2,(H,18,20)/t12-,13-/m1/s1. The van der Waals surface area contributed by atoms with Gasteiger partial charge in [0.2, 0.25) is 0 Å². The Balaban J connectivity index is 1.69. The van der Waals surface area contributed by atoms with E-state index in [-0.39, 0.29) is 18.0 Å². The fourth-order valence-corrected chi connectivity index (χ4v) is 3.67. The Labute approximate surface area is 129 Å². The lowest BCUT2D eigenvalue weighted by molar-refractivity contribution is -0.117. The van der Waals surface area contributed by atoms with Crippen LogP contribution in [0.15, 0.2) is 35.6 Å². The molecular weight excluding hydrogens is 284 g/mol. The molecule has 0 bridgehead atoms. The second-order valence-corrected chi connectivity index (χ2v) is 6.55. The molecule has 3 N–H and O–H groups in total. The van der Waals surface area contributed by atoms with Gasteiger partial charge in [0.25, 0.3) is 5.91 Å². The van der Waals surface area contributed by atoms with E-state index in [1.165, 1.54) is 0 Å². The van der Waals surface area contributed by atoms with Crippen LogP contribution >= 0.6 is 11.8 Å². The molecule has 0 saturated heterocycles. The minimum atomic E-state index is 0.00102. The van der Waals surface area contributed by atoms with Gasteiger partial charge in [-0.15, -0.1) is 11.8 Å². The molecule has 1 aromatic heterocycles. The summed E-state index contributed by atoms with van der Waals surface area (Å²) >= 11 is 1.61. The van der Waals surface area contributed by atoms with Gasteiger partial charge in [-0.1, -0.05) is 0 Å². The van der Waals surface area contributed by atoms with Crippen molar-refractivity contribution in [2.45, 2.75) is 31.3 Å². The highest BCUT2D eigenvalue weighted by Gasteiger charge is 2.27. The second kappa shape index (κ2) is 6.49. The Morgan fingerprint density at radius 1 is 1.38 bits per heavy atom. The lowest BCUT2D eigenvalue weighted by atomic mass is 10.2. The van der Waals surface area contributed by atoms with E-state index in [0.717, 1.165) is 42.2 Å². The molecule has 21 heavy (non-hydrogen) atoms. The number of hydrogen-bond acceptors (Lipinski definition) is 5. The maximum Gasteiger partial charge on any atom is 0.259 e. The summed E-state index contributed by atoms with van der Waals surface area (Å²) in [6.45, 7) is 0.897. The van der Waals surface area contributed by atoms with Gasteiger partial charge in [0.1, 0.15) is 0 Å². The molecule has 1 amide bonds. The van der Waals surface area contributed by atoms with E-state index in [1.54, 1.807) is 24.2 Å². The number of rotatable bonds is 3. The minimum absolute atomic E-state index is 0.00102. The molecule has 1 aliphatic carbocycles. The predicted molar refractivity (Wildman–Crippen MR) is 85.9 cm³/mol. The van der Waals surface area contributed by atoms with E-state index in [4.69, 9.17) is 5.73 Å². The number of amides is 1. The molecule has 2 atom stereocenters. The van der Waals surface area contributed by atoms with Crippen LogP contribution in [0, 0.1) is 0 Å². The number of pyridine rings is 1. The predicted octanol–water partition coefficient (Wildman–Crippen LogP) is 1.47. The SMILES string of the molecule is N[C@@H]1CCC[C@H]1NC(=O)C1=CN(c2ccncc2)CCS1. The van der Waals surface area contributed by atoms with E-state index >= 15 is 0 Å². The molecule has 0 aromatic carbocycles. The molecule has 1 fully saturated rings. The van der Waals surface area contributed by atoms with Gasteiger partial charge in [-0.2, -0.15) is 0 Å². The number of carbonyl (C=O) groups is 1. The Morgan fingerprint density at radius 3 is 2.90 bits per heavy atom. The number of hydrogen-bond donors (Lipinski definition) is 2. The van der Waals surface area contributed by atoms with Crippen LogP contribution in [0.4, 0.5) is 5.69 Å². The monoisotopic (exact) mass is 304 g/mol. The fourth-order valence-electron chi connectivity index (χ4n) is 2.77. The molecule has 1 aliphatic heterocycles. The summed E-state index contributed by atoms with van der Waals surface area (Å²) in [5.41, 5.74) is 7.08. The third-order valence-corrected chi connectivity index (χ3v) is 4.96. The van der Waals surface area contributed by atoms with Crippen molar-refractivity contribution in [1.29, 1.82) is 0 Å². The van der Waals surface area contributed by atoms with Crippen LogP contribution in [0.1, 0.15) is 19.3 Å². The zero-order chi connectivity index (χ0) is 14.7. The maximum absolute atomic E-state index is 12.4. The van der Waals surface area contributed by atoms with Crippen molar-refractivity contribution in [2.75, 3.05) is 17.2 Å². The Morgan fingerprint density at radius 2 is 2.19 bits per heavy atom. The van der Waals surface area contributed by atoms with Crippen molar-refractivity contribution in [2.24, 2.45) is 5.73 Å². The molecule has 6 heteroatoms. The topological polar surface area (TPSA) is 71.2 Å². The van der Waals surface area contributed by atoms with Crippen molar-refractivity contribution in [3.8, 4) is 0 Å². The van der Waals surface area contributed by atoms with Crippen molar-refractivity contribution in [3.05, 3.63) is 35.6 Å². The third-order valence-electron chi connectivity index (χ3n) is 3.97. The van der Waals surface area contributed by atoms with Crippen LogP contribution in [0.5, 0.6) is 0 Å². The summed E-state index contributed by atoms with van der Waals surface area (Å²) < 4.78 is 0. The van der Waals surface area contributed by atoms with Gasteiger partial charge in [-0.05, 0) is 31.4 Å². The normalized spacial score (nSPS) is 25.6. The van der Waals surface area contributed by atoms with Crippen LogP contribution in [0.2, 0.25) is 0 Å². The maximum atomic E-state index is 12.4. The minimum Gasteiger partial charge on any atom is -0.347 e. The van der Waals surface area contributed by atoms with Crippen molar-refractivity contribution >= 4 is 23.4 Å². The number of aromatic nitrogens is 1. The molecular formula is C15H20N4OS. The highest BCUT2D eigenvalue weighted by molar-refractivity contribution is 8.04. The lowest BCUT2D eigenvalue weighted by Gasteiger charge is -2.27. The zero-order valence-corrected chi connectivity index (χ0v) is 12.7. The van der Waals surface area contributed by atoms with E-state index in [1.807, 2.05) is 18.3 Å². The molecule has 0 spiro atoms. The van der Waals surface area contributed by atoms with Crippen LogP contribution in [0.25, 0.3) is 0 Å². The summed E-state index contributed by atoms with van der Waals surface area (Å²) in [6.07, 6.45) is 8.55. The number of nitrogens with zero attached hydrogens (tertiary/aromatic N) is 2. The van der Waals surface area contributed by atoms with Gasteiger partial charge < -0.3 is 16.0 Å². The average molecular weight is 304 g/mol. The van der Waals surface area contributed by atoms with Crippen molar-refractivity contribution in [1.82, 2.24) is 10.3 Å². The van der Waals surface area contributed by atoms with Crippen molar-refractivity contribution in [3.63, 3.8) is 0 Å². The number of anilines is 1. The van der Waals surface area contributed by atoms with Gasteiger partial charge >= 0.3 is 0 Å². The van der Waals surface area contributed by atoms with Gasteiger partial charge in [-0.25, -0.2) is 0 Å². The Kier molecular flexibility index (Phi) is 4.45. The van der Waals surface area contributed by atoms with E-state index in [2.05, 4.69) is 15.2 Å². The molecule has 112 valence electrons. The quantitative estimate of drug-likeness (QED) is 0.885. The summed E-state index contributed by atoms with van der Waals surface area (Å²) in [4.78, 5) is 19.3. The molecule has 0 radical (unpaired) electrons. The van der Waals surface area contributed by atoms with Crippen LogP contribution in [-0.4, -0.2) is 35.3 Å². The first-order chi connectivity index (χ1) is 10.2. The number of carbonyl (C=O) groups excluding carboxylic acids is 1. The van der Waals surface area contributed by atoms with E-state index in [0.29, 0.717) is 0 Å². The van der Waals surface area contributed by atoms with Gasteiger partial charge in [0, 0.05) is 48.7 Å². The molecule has 3 rings (SSSR count). The average Bonchev–Trinajstić information content (AvgIpc) is 2.93. The van der Waals surface area contributed by atoms with Gasteiger partial charge in [0.15, 0.2) is 0 Å². The van der Waals surface area contributed by atoms with Crippen molar-refractivity contribution < 1.29 is 4.79 Å². The molecule has 5 nitrogen and oxygen atoms in total. The first-order valence-electron chi connectivity index (χ1n) is 7.32. The largest absolute Gasteiger partial charge is 0.347 e. The molecule has 1 saturated carbocycles. The van der Waals surface area contributed by atoms with Crippen LogP contribution in [0.3, 0.4) is 0 Å². The lowest BCUT2D eigenvalue weighted by Crippen LogP contribution is -2.44. The first-order valence-corrected chi connectivity index (χ1v) is 8.30. The number of thioether (sulfide) groups is 1. The Bertz CT molecular complexity index is 534. The fraction of sp³-hybridized carbons (Fsp3) is 0.467. The third kappa shape index (κ3) is 3.39. The molecule has 1 aromatic rings. The summed E-state index contributed by atoms with van der Waals surface area (Å²) in [5, 5.41) is 3.08. The number of nitrogens with two attached hydrogens (primary N) is 1. The van der Waals surface area contributed by atoms with E-state index in [9.17, 15) is 4.79 Å². The van der Waals surface area contributed by atoms with Crippen LogP contribution in [-0.2, 0) is 4.79 Å². The second-order valence-electron chi connectivity index (χ2n) is 5.42. The number of nitrogens with one attached hydrogen (secondary N) is 1. The van der Waals surface area contributed by atoms with Crippen LogP contribution < -0.4 is 16.0 Å². The summed E-state index contributed by atoms with van der Waals surface area (Å²) in [7, 11) is 0. The zero-order valence-electron chi connectivity index (χ0n) is 11.9. The van der Waals surface area contributed by atoms with Gasteiger partial charge in [-0.3, -0.25) is 9.78 Å². The summed E-state index contributed by atoms with van der Waals surface area (Å²) in [5.74, 6) is 0.902. The summed E-state index contributed by atoms with van der Waals surface area (Å²) in [6, 6.07) is 4.12. The molecule has 2 aliphatic rings. The first kappa shape index (κ1) is 14.4. The molecule has 0 unspecified atom stereocenters. The smallest absolute Gasteiger partial charge is 0.259 e. The van der Waals surface area contributed by atoms with E-state index < -0.39 is 0 Å². The Hall–Kier alpha value is -1.53.